The van der Waals surface area contributed by atoms with Crippen molar-refractivity contribution in [1.82, 2.24) is 60.0 Å². The molecule has 0 radical (unpaired) electrons. The highest BCUT2D eigenvalue weighted by atomic mass is 19.4. The smallest absolute Gasteiger partial charge is 0.347 e. The van der Waals surface area contributed by atoms with E-state index in [1.807, 2.05) is 0 Å². The third-order valence-corrected chi connectivity index (χ3v) is 22.4. The maximum Gasteiger partial charge on any atom is 0.422 e. The van der Waals surface area contributed by atoms with Crippen molar-refractivity contribution in [1.29, 1.82) is 0 Å². The van der Waals surface area contributed by atoms with Gasteiger partial charge in [-0.15, -0.1) is 0 Å². The molecule has 5 fully saturated rings. The predicted molar refractivity (Wildman–Crippen MR) is 371 cm³/mol. The van der Waals surface area contributed by atoms with E-state index in [9.17, 15) is 55.1 Å². The Morgan fingerprint density at radius 3 is 1.81 bits per heavy atom. The van der Waals surface area contributed by atoms with Crippen LogP contribution >= 0.6 is 0 Å². The van der Waals surface area contributed by atoms with E-state index < -0.39 is 241 Å². The van der Waals surface area contributed by atoms with Gasteiger partial charge in [-0.2, -0.15) is 39.5 Å². The van der Waals surface area contributed by atoms with Gasteiger partial charge in [0.15, 0.2) is 0 Å². The highest BCUT2D eigenvalue weighted by molar-refractivity contribution is 6.01. The molecule has 0 aromatic heterocycles. The number of hydrogen-bond acceptors (Lipinski definition) is 12. The number of hydrogen-bond donors (Lipinski definition) is 3. The molecule has 24 nitrogen and oxygen atoms in total. The Balaban J connectivity index is 1.23. The van der Waals surface area contributed by atoms with Gasteiger partial charge in [-0.3, -0.25) is 57.5 Å². The number of fused-ring (bicyclic) bond motifs is 3. The largest absolute Gasteiger partial charge is 0.422 e. The fourth-order valence-corrected chi connectivity index (χ4v) is 15.2. The molecule has 8 rings (SSSR count). The van der Waals surface area contributed by atoms with Crippen LogP contribution in [0.25, 0.3) is 0 Å². The third-order valence-electron chi connectivity index (χ3n) is 22.4. The van der Waals surface area contributed by atoms with Gasteiger partial charge in [0.05, 0.1) is 31.0 Å². The quantitative estimate of drug-likeness (QED) is 0.166. The van der Waals surface area contributed by atoms with E-state index in [0.717, 1.165) is 58.4 Å². The SMILES string of the molecule is CC[C@H](C)[C@@H]1NC(=O)[C@H](CC2CC2)N(C)C(=O)C[C@@H](C(=O)N(C)C)N(C)C(=O)[C@H](C2CCCC2)N(C)C(=O)C2(CCC2)NC(=O)[C@@H]2C[C@@H](C(F)(F)F)CN2C(=O)[C@@H](CCc2cc(F)c(C(F)(F)F)c(F)c2)NC(=O)CN(C)C(=O)[C@H](Cc2ccc(C(F)(F)F)cc2)N2CC/C=C\C[C@@H](C2=O)N(C)C(=O)CN(C)C1=O. The lowest BCUT2D eigenvalue weighted by Crippen LogP contribution is -2.68. The summed E-state index contributed by atoms with van der Waals surface area (Å²) >= 11 is 0. The van der Waals surface area contributed by atoms with Crippen LogP contribution in [0.2, 0.25) is 0 Å². The minimum atomic E-state index is -5.54. The molecule has 1 spiro atoms. The van der Waals surface area contributed by atoms with Gasteiger partial charge in [-0.1, -0.05) is 70.2 Å². The molecule has 6 aliphatic rings. The molecule has 2 bridgehead atoms. The first-order chi connectivity index (χ1) is 50.9. The molecule has 2 aromatic carbocycles. The molecular formula is C74H97F11N12O12. The molecule has 2 aromatic rings. The normalized spacial score (nSPS) is 26.8. The van der Waals surface area contributed by atoms with Gasteiger partial charge in [-0.05, 0) is 124 Å². The van der Waals surface area contributed by atoms with Crippen LogP contribution in [0.15, 0.2) is 48.6 Å². The van der Waals surface area contributed by atoms with Crippen LogP contribution in [-0.2, 0) is 82.7 Å². The van der Waals surface area contributed by atoms with Crippen LogP contribution in [-0.4, -0.2) is 258 Å². The van der Waals surface area contributed by atoms with Crippen molar-refractivity contribution in [2.45, 2.75) is 202 Å². The topological polar surface area (TPSA) is 270 Å². The van der Waals surface area contributed by atoms with Gasteiger partial charge < -0.3 is 60.0 Å². The van der Waals surface area contributed by atoms with Gasteiger partial charge in [0.25, 0.3) is 0 Å². The summed E-state index contributed by atoms with van der Waals surface area (Å²) in [5.74, 6) is -19.7. The number of likely N-dealkylation sites (N-methyl/N-ethyl adjacent to an activating group) is 7. The van der Waals surface area contributed by atoms with Gasteiger partial charge in [0, 0.05) is 75.9 Å². The zero-order valence-electron chi connectivity index (χ0n) is 62.7. The molecule has 602 valence electrons. The summed E-state index contributed by atoms with van der Waals surface area (Å²) in [5.41, 5.74) is -5.87. The zero-order chi connectivity index (χ0) is 80.9. The molecule has 0 unspecified atom stereocenters. The Bertz CT molecular complexity index is 3750. The summed E-state index contributed by atoms with van der Waals surface area (Å²) in [7, 11) is 10.2. The van der Waals surface area contributed by atoms with Crippen molar-refractivity contribution in [2.75, 3.05) is 82.6 Å². The maximum absolute atomic E-state index is 15.4. The molecule has 3 aliphatic carbocycles. The minimum Gasteiger partial charge on any atom is -0.347 e. The van der Waals surface area contributed by atoms with E-state index in [0.29, 0.717) is 62.0 Å². The van der Waals surface area contributed by atoms with Crippen LogP contribution in [0, 0.1) is 35.3 Å². The fraction of sp³-hybridized carbons (Fsp3) is 0.649. The van der Waals surface area contributed by atoms with E-state index in [2.05, 4.69) is 16.0 Å². The van der Waals surface area contributed by atoms with Crippen molar-refractivity contribution in [3.63, 3.8) is 0 Å². The molecule has 3 heterocycles. The first-order valence-corrected chi connectivity index (χ1v) is 36.6. The third kappa shape index (κ3) is 20.2. The van der Waals surface area contributed by atoms with Crippen LogP contribution in [0.5, 0.6) is 0 Å². The molecular weight excluding hydrogens is 1460 g/mol. The van der Waals surface area contributed by atoms with Crippen molar-refractivity contribution in [2.24, 2.45) is 23.7 Å². The number of carbonyl (C=O) groups is 12. The van der Waals surface area contributed by atoms with Crippen LogP contribution in [0.1, 0.15) is 139 Å². The summed E-state index contributed by atoms with van der Waals surface area (Å²) in [6.07, 6.45) is -13.1. The summed E-state index contributed by atoms with van der Waals surface area (Å²) in [4.78, 5) is 188. The summed E-state index contributed by atoms with van der Waals surface area (Å²) in [6.45, 7) is -0.0310. The highest BCUT2D eigenvalue weighted by Gasteiger charge is 2.56. The fourth-order valence-electron chi connectivity index (χ4n) is 15.2. The van der Waals surface area contributed by atoms with E-state index in [-0.39, 0.29) is 68.7 Å². The minimum absolute atomic E-state index is 0.0357. The Labute approximate surface area is 625 Å². The standard InChI is InChI=1S/C74H97F11N12O12/c1-11-41(2)60-68(107)91(6)40-58(100)92(7)51-20-13-12-16-31-96(67(51)106)55(35-43-23-26-46(27-24-43)72(77,78)79)66(105)90(5)39-56(98)86-50(28-25-44-32-48(75)59(49(76)33-44)74(83,84)85)64(103)97-38-47(73(80,81)82)36-53(97)63(102)88-71(29-17-30-71)70(109)95(10)61(45-18-14-15-19-45)69(108)94(9)54(65(104)89(3)4)37-57(99)93(8)52(62(101)87-60)34-42-21-22-42/h12-13,23-24,26-27,32-33,41-42,45,47,50-55,60-61H,11,14-22,25,28-31,34-40H2,1-10H3,(H,86,98)(H,87,101)(H,88,102)/b13-12-/t41-,47+,50+,51-,52-,53-,54-,55-,60-,61-/m0/s1. The lowest BCUT2D eigenvalue weighted by Gasteiger charge is -2.46. The number of aryl methyl sites for hydroxylation is 1. The maximum atomic E-state index is 15.4. The van der Waals surface area contributed by atoms with Gasteiger partial charge in [0.1, 0.15) is 71.1 Å². The van der Waals surface area contributed by atoms with Crippen molar-refractivity contribution < 1.29 is 106 Å². The Morgan fingerprint density at radius 1 is 0.642 bits per heavy atom. The van der Waals surface area contributed by atoms with Crippen molar-refractivity contribution in [3.8, 4) is 0 Å². The number of alkyl halides is 9. The lowest BCUT2D eigenvalue weighted by atomic mass is 9.74. The lowest BCUT2D eigenvalue weighted by molar-refractivity contribution is -0.171. The molecule has 35 heteroatoms. The van der Waals surface area contributed by atoms with Gasteiger partial charge in [-0.25, -0.2) is 8.78 Å². The van der Waals surface area contributed by atoms with E-state index >= 15 is 50.7 Å². The number of nitrogens with zero attached hydrogens (tertiary/aromatic N) is 9. The molecule has 3 saturated carbocycles. The van der Waals surface area contributed by atoms with Crippen molar-refractivity contribution >= 4 is 70.9 Å². The monoisotopic (exact) mass is 1550 g/mol. The summed E-state index contributed by atoms with van der Waals surface area (Å²) in [5, 5.41) is 7.72. The molecule has 12 amide bonds. The molecule has 3 N–H and O–H groups in total. The van der Waals surface area contributed by atoms with Crippen LogP contribution in [0.4, 0.5) is 48.3 Å². The molecule has 109 heavy (non-hydrogen) atoms. The van der Waals surface area contributed by atoms with Crippen LogP contribution in [0.3, 0.4) is 0 Å². The second-order valence-electron chi connectivity index (χ2n) is 30.2. The van der Waals surface area contributed by atoms with Gasteiger partial charge in [0.2, 0.25) is 70.9 Å². The van der Waals surface area contributed by atoms with E-state index in [4.69, 9.17) is 0 Å². The second-order valence-corrected chi connectivity index (χ2v) is 30.2. The first-order valence-electron chi connectivity index (χ1n) is 36.6. The average Bonchev–Trinajstić information content (AvgIpc) is 1.24. The average molecular weight is 1560 g/mol. The van der Waals surface area contributed by atoms with Crippen molar-refractivity contribution in [3.05, 3.63) is 82.4 Å². The highest BCUT2D eigenvalue weighted by Crippen LogP contribution is 2.42. The number of nitrogens with one attached hydrogen (secondary N) is 3. The summed E-state index contributed by atoms with van der Waals surface area (Å²) in [6, 6.07) is -9.12. The number of rotatable bonds is 11. The van der Waals surface area contributed by atoms with Crippen LogP contribution < -0.4 is 16.0 Å². The van der Waals surface area contributed by atoms with Gasteiger partial charge >= 0.3 is 18.5 Å². The number of carbonyl (C=O) groups excluding carboxylic acids is 12. The zero-order valence-corrected chi connectivity index (χ0v) is 62.7. The molecule has 3 aliphatic heterocycles. The molecule has 2 saturated heterocycles. The summed E-state index contributed by atoms with van der Waals surface area (Å²) < 4.78 is 159. The Hall–Kier alpha value is -8.95. The number of benzene rings is 2. The predicted octanol–water partition coefficient (Wildman–Crippen LogP) is 6.27. The molecule has 10 atom stereocenters. The first kappa shape index (κ1) is 85.7. The number of halogens is 11. The number of amides is 12. The van der Waals surface area contributed by atoms with E-state index in [1.165, 1.54) is 49.3 Å². The Kier molecular flexibility index (Phi) is 27.5. The van der Waals surface area contributed by atoms with E-state index in [1.54, 1.807) is 26.0 Å². The Morgan fingerprint density at radius 2 is 1.26 bits per heavy atom. The second kappa shape index (κ2) is 35.0.